The van der Waals surface area contributed by atoms with Gasteiger partial charge in [0, 0.05) is 0 Å². The van der Waals surface area contributed by atoms with Gasteiger partial charge in [-0.3, -0.25) is 4.79 Å². The maximum Gasteiger partial charge on any atom is 0.258 e. The van der Waals surface area contributed by atoms with Gasteiger partial charge in [0.15, 0.2) is 6.61 Å². The van der Waals surface area contributed by atoms with Crippen LogP contribution in [0.15, 0.2) is 18.2 Å². The van der Waals surface area contributed by atoms with E-state index >= 15 is 0 Å². The highest BCUT2D eigenvalue weighted by atomic mass is 16.5. The Morgan fingerprint density at radius 1 is 1.29 bits per heavy atom. The smallest absolute Gasteiger partial charge is 0.258 e. The molecule has 0 saturated heterocycles. The van der Waals surface area contributed by atoms with E-state index in [-0.39, 0.29) is 19.1 Å². The van der Waals surface area contributed by atoms with E-state index in [2.05, 4.69) is 5.32 Å². The van der Waals surface area contributed by atoms with Gasteiger partial charge in [0.2, 0.25) is 0 Å². The van der Waals surface area contributed by atoms with Crippen LogP contribution in [0.5, 0.6) is 5.75 Å². The number of aryl methyl sites for hydroxylation is 2. The maximum atomic E-state index is 12.1. The van der Waals surface area contributed by atoms with Gasteiger partial charge in [0.05, 0.1) is 12.1 Å². The van der Waals surface area contributed by atoms with Crippen molar-refractivity contribution < 1.29 is 14.6 Å². The van der Waals surface area contributed by atoms with Gasteiger partial charge in [-0.15, -0.1) is 0 Å². The molecule has 1 aliphatic carbocycles. The lowest BCUT2D eigenvalue weighted by Gasteiger charge is -2.36. The Kier molecular flexibility index (Phi) is 5.23. The van der Waals surface area contributed by atoms with Crippen LogP contribution >= 0.6 is 0 Å². The van der Waals surface area contributed by atoms with Crippen molar-refractivity contribution in [1.82, 2.24) is 5.32 Å². The average Bonchev–Trinajstić information content (AvgIpc) is 2.47. The van der Waals surface area contributed by atoms with Crippen LogP contribution in [0.4, 0.5) is 0 Å². The molecule has 4 nitrogen and oxygen atoms in total. The third kappa shape index (κ3) is 4.21. The second-order valence-electron chi connectivity index (χ2n) is 6.10. The first-order chi connectivity index (χ1) is 10.0. The molecule has 1 fully saturated rings. The summed E-state index contributed by atoms with van der Waals surface area (Å²) >= 11 is 0. The van der Waals surface area contributed by atoms with E-state index < -0.39 is 5.54 Å². The summed E-state index contributed by atoms with van der Waals surface area (Å²) in [6, 6.07) is 5.89. The van der Waals surface area contributed by atoms with E-state index in [1.54, 1.807) is 0 Å². The first kappa shape index (κ1) is 15.8. The van der Waals surface area contributed by atoms with Gasteiger partial charge in [-0.1, -0.05) is 37.0 Å². The first-order valence-electron chi connectivity index (χ1n) is 7.67. The van der Waals surface area contributed by atoms with E-state index in [1.165, 1.54) is 12.0 Å². The number of carbonyl (C=O) groups is 1. The molecule has 116 valence electrons. The lowest BCUT2D eigenvalue weighted by Crippen LogP contribution is -2.53. The molecule has 21 heavy (non-hydrogen) atoms. The van der Waals surface area contributed by atoms with E-state index in [1.807, 2.05) is 32.0 Å². The largest absolute Gasteiger partial charge is 0.484 e. The molecule has 2 N–H and O–H groups in total. The van der Waals surface area contributed by atoms with Gasteiger partial charge >= 0.3 is 0 Å². The van der Waals surface area contributed by atoms with Crippen LogP contribution in [0.1, 0.15) is 43.2 Å². The molecular weight excluding hydrogens is 266 g/mol. The zero-order chi connectivity index (χ0) is 15.3. The normalized spacial score (nSPS) is 17.3. The van der Waals surface area contributed by atoms with Crippen LogP contribution in [-0.2, 0) is 4.79 Å². The second kappa shape index (κ2) is 6.94. The fourth-order valence-electron chi connectivity index (χ4n) is 2.99. The summed E-state index contributed by atoms with van der Waals surface area (Å²) in [5.41, 5.74) is 1.75. The Morgan fingerprint density at radius 2 is 2.00 bits per heavy atom. The molecule has 0 radical (unpaired) electrons. The minimum absolute atomic E-state index is 0.00228. The first-order valence-corrected chi connectivity index (χ1v) is 7.67. The molecule has 1 aromatic carbocycles. The Labute approximate surface area is 126 Å². The van der Waals surface area contributed by atoms with Crippen molar-refractivity contribution in [3.8, 4) is 5.75 Å². The number of aliphatic hydroxyl groups is 1. The van der Waals surface area contributed by atoms with Crippen molar-refractivity contribution in [2.75, 3.05) is 13.2 Å². The van der Waals surface area contributed by atoms with Crippen LogP contribution in [0.3, 0.4) is 0 Å². The summed E-state index contributed by atoms with van der Waals surface area (Å²) in [6.45, 7) is 3.99. The maximum absolute atomic E-state index is 12.1. The van der Waals surface area contributed by atoms with Crippen LogP contribution in [0.25, 0.3) is 0 Å². The third-order valence-corrected chi connectivity index (χ3v) is 4.21. The molecule has 0 bridgehead atoms. The van der Waals surface area contributed by atoms with Crippen molar-refractivity contribution in [2.24, 2.45) is 0 Å². The van der Waals surface area contributed by atoms with Gasteiger partial charge in [0.25, 0.3) is 5.91 Å². The predicted molar refractivity (Wildman–Crippen MR) is 82.5 cm³/mol. The standard InChI is InChI=1S/C17H25NO3/c1-13-6-7-15(14(2)10-13)21-11-16(20)18-17(12-19)8-4-3-5-9-17/h6-7,10,19H,3-5,8-9,11-12H2,1-2H3,(H,18,20). The number of hydrogen-bond acceptors (Lipinski definition) is 3. The molecule has 0 unspecified atom stereocenters. The summed E-state index contributed by atoms with van der Waals surface area (Å²) in [4.78, 5) is 12.1. The SMILES string of the molecule is Cc1ccc(OCC(=O)NC2(CO)CCCCC2)c(C)c1. The minimum Gasteiger partial charge on any atom is -0.484 e. The number of rotatable bonds is 5. The van der Waals surface area contributed by atoms with Crippen LogP contribution < -0.4 is 10.1 Å². The molecule has 0 heterocycles. The number of benzene rings is 1. The summed E-state index contributed by atoms with van der Waals surface area (Å²) in [5, 5.41) is 12.6. The lowest BCUT2D eigenvalue weighted by molar-refractivity contribution is -0.126. The summed E-state index contributed by atoms with van der Waals surface area (Å²) in [6.07, 6.45) is 4.98. The monoisotopic (exact) mass is 291 g/mol. The fourth-order valence-corrected chi connectivity index (χ4v) is 2.99. The lowest BCUT2D eigenvalue weighted by atomic mass is 9.82. The minimum atomic E-state index is -0.443. The quantitative estimate of drug-likeness (QED) is 0.876. The summed E-state index contributed by atoms with van der Waals surface area (Å²) in [7, 11) is 0. The fraction of sp³-hybridized carbons (Fsp3) is 0.588. The summed E-state index contributed by atoms with van der Waals surface area (Å²) < 4.78 is 5.59. The van der Waals surface area contributed by atoms with Crippen molar-refractivity contribution in [2.45, 2.75) is 51.5 Å². The molecular formula is C17H25NO3. The highest BCUT2D eigenvalue weighted by Gasteiger charge is 2.32. The topological polar surface area (TPSA) is 58.6 Å². The second-order valence-corrected chi connectivity index (χ2v) is 6.10. The van der Waals surface area contributed by atoms with Crippen LogP contribution in [-0.4, -0.2) is 29.8 Å². The zero-order valence-electron chi connectivity index (χ0n) is 12.9. The van der Waals surface area contributed by atoms with E-state index in [0.29, 0.717) is 0 Å². The Balaban J connectivity index is 1.89. The van der Waals surface area contributed by atoms with Gasteiger partial charge in [-0.25, -0.2) is 0 Å². The number of ether oxygens (including phenoxy) is 1. The highest BCUT2D eigenvalue weighted by molar-refractivity contribution is 5.78. The zero-order valence-corrected chi connectivity index (χ0v) is 12.9. The third-order valence-electron chi connectivity index (χ3n) is 4.21. The van der Waals surface area contributed by atoms with Crippen molar-refractivity contribution in [3.05, 3.63) is 29.3 Å². The van der Waals surface area contributed by atoms with E-state index in [4.69, 9.17) is 4.74 Å². The Morgan fingerprint density at radius 3 is 2.62 bits per heavy atom. The van der Waals surface area contributed by atoms with E-state index in [9.17, 15) is 9.90 Å². The number of aliphatic hydroxyl groups excluding tert-OH is 1. The predicted octanol–water partition coefficient (Wildman–Crippen LogP) is 2.49. The van der Waals surface area contributed by atoms with Crippen molar-refractivity contribution >= 4 is 5.91 Å². The average molecular weight is 291 g/mol. The van der Waals surface area contributed by atoms with Crippen molar-refractivity contribution in [1.29, 1.82) is 0 Å². The molecule has 4 heteroatoms. The summed E-state index contributed by atoms with van der Waals surface area (Å²) in [5.74, 6) is 0.573. The highest BCUT2D eigenvalue weighted by Crippen LogP contribution is 2.27. The van der Waals surface area contributed by atoms with E-state index in [0.717, 1.165) is 37.0 Å². The molecule has 0 spiro atoms. The molecule has 2 rings (SSSR count). The Hall–Kier alpha value is -1.55. The number of nitrogens with one attached hydrogen (secondary N) is 1. The van der Waals surface area contributed by atoms with Gasteiger partial charge in [-0.05, 0) is 38.3 Å². The number of carbonyl (C=O) groups excluding carboxylic acids is 1. The van der Waals surface area contributed by atoms with Gasteiger partial charge in [0.1, 0.15) is 5.75 Å². The van der Waals surface area contributed by atoms with Crippen molar-refractivity contribution in [3.63, 3.8) is 0 Å². The van der Waals surface area contributed by atoms with Gasteiger partial charge in [-0.2, -0.15) is 0 Å². The van der Waals surface area contributed by atoms with Crippen LogP contribution in [0.2, 0.25) is 0 Å². The number of amides is 1. The van der Waals surface area contributed by atoms with Gasteiger partial charge < -0.3 is 15.2 Å². The molecule has 0 aliphatic heterocycles. The molecule has 1 aliphatic rings. The molecule has 0 atom stereocenters. The molecule has 0 aromatic heterocycles. The Bertz CT molecular complexity index is 493. The molecule has 1 amide bonds. The molecule has 1 aromatic rings. The molecule has 1 saturated carbocycles. The van der Waals surface area contributed by atoms with Crippen LogP contribution in [0, 0.1) is 13.8 Å². The number of hydrogen-bond donors (Lipinski definition) is 2.